The minimum Gasteiger partial charge on any atom is -0.492 e. The fourth-order valence-corrected chi connectivity index (χ4v) is 3.41. The van der Waals surface area contributed by atoms with Crippen LogP contribution in [-0.2, 0) is 0 Å². The van der Waals surface area contributed by atoms with E-state index in [2.05, 4.69) is 36.9 Å². The van der Waals surface area contributed by atoms with Gasteiger partial charge in [0, 0.05) is 31.9 Å². The molecule has 6 heteroatoms. The highest BCUT2D eigenvalue weighted by Crippen LogP contribution is 2.30. The molecule has 2 aromatic heterocycles. The first-order valence-electron chi connectivity index (χ1n) is 9.06. The van der Waals surface area contributed by atoms with Gasteiger partial charge in [0.2, 0.25) is 0 Å². The topological polar surface area (TPSA) is 54.4 Å². The van der Waals surface area contributed by atoms with Gasteiger partial charge in [-0.1, -0.05) is 12.1 Å². The van der Waals surface area contributed by atoms with Gasteiger partial charge in [-0.3, -0.25) is 0 Å². The fourth-order valence-electron chi connectivity index (χ4n) is 3.41. The van der Waals surface area contributed by atoms with E-state index in [0.29, 0.717) is 6.61 Å². The Morgan fingerprint density at radius 2 is 1.73 bits per heavy atom. The molecule has 134 valence electrons. The van der Waals surface area contributed by atoms with E-state index in [4.69, 9.17) is 4.74 Å². The maximum absolute atomic E-state index is 5.79. The number of benzene rings is 1. The van der Waals surface area contributed by atoms with Gasteiger partial charge in [0.1, 0.15) is 17.6 Å². The van der Waals surface area contributed by atoms with Gasteiger partial charge in [-0.15, -0.1) is 0 Å². The number of piperazine rings is 1. The monoisotopic (exact) mass is 349 g/mol. The number of anilines is 2. The summed E-state index contributed by atoms with van der Waals surface area (Å²) < 4.78 is 5.79. The Balaban J connectivity index is 1.55. The van der Waals surface area contributed by atoms with E-state index in [9.17, 15) is 0 Å². The van der Waals surface area contributed by atoms with E-state index in [1.165, 1.54) is 0 Å². The molecule has 0 bridgehead atoms. The summed E-state index contributed by atoms with van der Waals surface area (Å²) in [5, 5.41) is 0. The van der Waals surface area contributed by atoms with Gasteiger partial charge in [0.05, 0.1) is 17.8 Å². The molecule has 0 N–H and O–H groups in total. The maximum atomic E-state index is 5.79. The third kappa shape index (κ3) is 3.14. The summed E-state index contributed by atoms with van der Waals surface area (Å²) in [6, 6.07) is 12.3. The van der Waals surface area contributed by atoms with Gasteiger partial charge in [0.15, 0.2) is 5.82 Å². The van der Waals surface area contributed by atoms with Crippen LogP contribution in [-0.4, -0.2) is 47.7 Å². The molecule has 6 nitrogen and oxygen atoms in total. The van der Waals surface area contributed by atoms with Gasteiger partial charge in [-0.05, 0) is 38.1 Å². The van der Waals surface area contributed by atoms with Crippen molar-refractivity contribution in [3.63, 3.8) is 0 Å². The normalized spacial score (nSPS) is 14.7. The second kappa shape index (κ2) is 7.15. The average Bonchev–Trinajstić information content (AvgIpc) is 2.68. The number of fused-ring (bicyclic) bond motifs is 1. The first kappa shape index (κ1) is 16.6. The van der Waals surface area contributed by atoms with Crippen LogP contribution in [0, 0.1) is 6.92 Å². The van der Waals surface area contributed by atoms with Crippen molar-refractivity contribution in [3.05, 3.63) is 48.4 Å². The third-order valence-electron chi connectivity index (χ3n) is 4.69. The number of para-hydroxylation sites is 2. The molecule has 0 atom stereocenters. The van der Waals surface area contributed by atoms with E-state index in [0.717, 1.165) is 60.2 Å². The number of rotatable bonds is 4. The number of hydrogen-bond acceptors (Lipinski definition) is 6. The SMILES string of the molecule is CCOc1ccccc1N1CCN(c2ncnc3ccc(C)nc23)CC1. The molecule has 1 aliphatic heterocycles. The lowest BCUT2D eigenvalue weighted by Crippen LogP contribution is -2.47. The lowest BCUT2D eigenvalue weighted by Gasteiger charge is -2.37. The third-order valence-corrected chi connectivity index (χ3v) is 4.69. The Kier molecular flexibility index (Phi) is 4.56. The smallest absolute Gasteiger partial charge is 0.158 e. The molecule has 0 aliphatic carbocycles. The predicted octanol–water partition coefficient (Wildman–Crippen LogP) is 3.06. The minimum atomic E-state index is 0.676. The number of nitrogens with zero attached hydrogens (tertiary/aromatic N) is 5. The van der Waals surface area contributed by atoms with Crippen molar-refractivity contribution in [2.75, 3.05) is 42.6 Å². The molecule has 1 aromatic carbocycles. The van der Waals surface area contributed by atoms with Crippen LogP contribution in [0.15, 0.2) is 42.7 Å². The van der Waals surface area contributed by atoms with E-state index in [1.807, 2.05) is 38.1 Å². The zero-order chi connectivity index (χ0) is 17.9. The van der Waals surface area contributed by atoms with Crippen LogP contribution in [0.3, 0.4) is 0 Å². The molecule has 0 radical (unpaired) electrons. The lowest BCUT2D eigenvalue weighted by molar-refractivity contribution is 0.340. The van der Waals surface area contributed by atoms with Crippen molar-refractivity contribution in [2.45, 2.75) is 13.8 Å². The van der Waals surface area contributed by atoms with Crippen LogP contribution in [0.25, 0.3) is 11.0 Å². The Hall–Kier alpha value is -2.89. The highest BCUT2D eigenvalue weighted by atomic mass is 16.5. The highest BCUT2D eigenvalue weighted by molar-refractivity contribution is 5.85. The van der Waals surface area contributed by atoms with E-state index >= 15 is 0 Å². The molecule has 26 heavy (non-hydrogen) atoms. The van der Waals surface area contributed by atoms with Crippen molar-refractivity contribution >= 4 is 22.5 Å². The molecule has 3 heterocycles. The molecule has 0 amide bonds. The van der Waals surface area contributed by atoms with Gasteiger partial charge < -0.3 is 14.5 Å². The van der Waals surface area contributed by atoms with Crippen LogP contribution in [0.5, 0.6) is 5.75 Å². The van der Waals surface area contributed by atoms with Crippen molar-refractivity contribution < 1.29 is 4.74 Å². The van der Waals surface area contributed by atoms with Crippen molar-refractivity contribution in [3.8, 4) is 5.75 Å². The summed E-state index contributed by atoms with van der Waals surface area (Å²) in [5.74, 6) is 1.88. The molecule has 1 saturated heterocycles. The number of ether oxygens (including phenoxy) is 1. The van der Waals surface area contributed by atoms with E-state index < -0.39 is 0 Å². The quantitative estimate of drug-likeness (QED) is 0.722. The molecule has 3 aromatic rings. The summed E-state index contributed by atoms with van der Waals surface area (Å²) in [7, 11) is 0. The van der Waals surface area contributed by atoms with Gasteiger partial charge in [-0.2, -0.15) is 0 Å². The number of pyridine rings is 1. The Morgan fingerprint density at radius 3 is 2.54 bits per heavy atom. The number of hydrogen-bond donors (Lipinski definition) is 0. The second-order valence-corrected chi connectivity index (χ2v) is 6.39. The Morgan fingerprint density at radius 1 is 0.962 bits per heavy atom. The van der Waals surface area contributed by atoms with Crippen molar-refractivity contribution in [1.29, 1.82) is 0 Å². The van der Waals surface area contributed by atoms with Crippen LogP contribution >= 0.6 is 0 Å². The largest absolute Gasteiger partial charge is 0.492 e. The van der Waals surface area contributed by atoms with E-state index in [-0.39, 0.29) is 0 Å². The van der Waals surface area contributed by atoms with Crippen LogP contribution < -0.4 is 14.5 Å². The molecule has 0 unspecified atom stereocenters. The second-order valence-electron chi connectivity index (χ2n) is 6.39. The maximum Gasteiger partial charge on any atom is 0.158 e. The van der Waals surface area contributed by atoms with Crippen molar-refractivity contribution in [1.82, 2.24) is 15.0 Å². The zero-order valence-corrected chi connectivity index (χ0v) is 15.2. The van der Waals surface area contributed by atoms with Crippen molar-refractivity contribution in [2.24, 2.45) is 0 Å². The summed E-state index contributed by atoms with van der Waals surface area (Å²) >= 11 is 0. The number of aryl methyl sites for hydroxylation is 1. The van der Waals surface area contributed by atoms with E-state index in [1.54, 1.807) is 6.33 Å². The molecule has 0 spiro atoms. The predicted molar refractivity (Wildman–Crippen MR) is 104 cm³/mol. The fraction of sp³-hybridized carbons (Fsp3) is 0.350. The summed E-state index contributed by atoms with van der Waals surface area (Å²) in [5.41, 5.74) is 3.92. The van der Waals surface area contributed by atoms with Crippen LogP contribution in [0.2, 0.25) is 0 Å². The Bertz CT molecular complexity index is 906. The molecule has 1 aliphatic rings. The van der Waals surface area contributed by atoms with Gasteiger partial charge >= 0.3 is 0 Å². The summed E-state index contributed by atoms with van der Waals surface area (Å²) in [6.07, 6.45) is 1.63. The standard InChI is InChI=1S/C20H23N5O/c1-3-26-18-7-5-4-6-17(18)24-10-12-25(13-11-24)20-19-16(21-14-22-20)9-8-15(2)23-19/h4-9,14H,3,10-13H2,1-2H3. The Labute approximate surface area is 153 Å². The van der Waals surface area contributed by atoms with Gasteiger partial charge in [-0.25, -0.2) is 15.0 Å². The first-order valence-corrected chi connectivity index (χ1v) is 9.06. The molecule has 1 fully saturated rings. The highest BCUT2D eigenvalue weighted by Gasteiger charge is 2.22. The summed E-state index contributed by atoms with van der Waals surface area (Å²) in [4.78, 5) is 18.2. The lowest BCUT2D eigenvalue weighted by atomic mass is 10.2. The van der Waals surface area contributed by atoms with Crippen LogP contribution in [0.4, 0.5) is 11.5 Å². The average molecular weight is 349 g/mol. The molecular formula is C20H23N5O. The van der Waals surface area contributed by atoms with Crippen LogP contribution in [0.1, 0.15) is 12.6 Å². The summed E-state index contributed by atoms with van der Waals surface area (Å²) in [6.45, 7) is 8.31. The van der Waals surface area contributed by atoms with Gasteiger partial charge in [0.25, 0.3) is 0 Å². The molecule has 4 rings (SSSR count). The minimum absolute atomic E-state index is 0.676. The number of aromatic nitrogens is 3. The molecule has 0 saturated carbocycles. The molecular weight excluding hydrogens is 326 g/mol. The zero-order valence-electron chi connectivity index (χ0n) is 15.2. The first-order chi connectivity index (χ1) is 12.8.